The Bertz CT molecular complexity index is 1110. The molecule has 3 aromatic carbocycles. The summed E-state index contributed by atoms with van der Waals surface area (Å²) in [5, 5.41) is 0. The molecule has 1 heterocycles. The van der Waals surface area contributed by atoms with Gasteiger partial charge >= 0.3 is 0 Å². The van der Waals surface area contributed by atoms with Crippen molar-refractivity contribution in [3.05, 3.63) is 81.9 Å². The minimum atomic E-state index is -0.866. The molecular weight excluding hydrogens is 416 g/mol. The van der Waals surface area contributed by atoms with Gasteiger partial charge in [0.05, 0.1) is 11.7 Å². The number of ether oxygens (including phenoxy) is 1. The fraction of sp³-hybridized carbons (Fsp3) is 0.333. The Morgan fingerprint density at radius 3 is 1.69 bits per heavy atom. The molecule has 0 spiro atoms. The van der Waals surface area contributed by atoms with Gasteiger partial charge in [0.2, 0.25) is 0 Å². The average molecular weight is 442 g/mol. The number of halogens is 4. The lowest BCUT2D eigenvalue weighted by Gasteiger charge is -2.28. The standard InChI is InChI=1S/C27H26F4O/c1-14-5-6-25(32-13-14)18-7-15(2)26(16(3)8-18)19-11-23(30)27(24(31)12-19)20-9-21(28)17(4)22(29)10-20/h7-12,14,25H,5-6,13H2,1-4H3. The molecule has 1 saturated heterocycles. The highest BCUT2D eigenvalue weighted by molar-refractivity contribution is 5.76. The molecule has 0 radical (unpaired) electrons. The molecule has 0 bridgehead atoms. The van der Waals surface area contributed by atoms with E-state index in [1.54, 1.807) is 0 Å². The zero-order valence-electron chi connectivity index (χ0n) is 18.7. The predicted molar refractivity (Wildman–Crippen MR) is 118 cm³/mol. The molecule has 1 nitrogen and oxygen atoms in total. The van der Waals surface area contributed by atoms with Crippen LogP contribution in [0.25, 0.3) is 22.3 Å². The largest absolute Gasteiger partial charge is 0.373 e. The van der Waals surface area contributed by atoms with Crippen LogP contribution in [0.1, 0.15) is 48.1 Å². The number of rotatable bonds is 3. The maximum absolute atomic E-state index is 15.0. The third-order valence-electron chi connectivity index (χ3n) is 6.33. The number of hydrogen-bond donors (Lipinski definition) is 0. The van der Waals surface area contributed by atoms with Crippen LogP contribution >= 0.6 is 0 Å². The van der Waals surface area contributed by atoms with E-state index in [1.807, 2.05) is 26.0 Å². The zero-order valence-corrected chi connectivity index (χ0v) is 18.7. The lowest BCUT2D eigenvalue weighted by molar-refractivity contribution is -0.0124. The fourth-order valence-electron chi connectivity index (χ4n) is 4.57. The van der Waals surface area contributed by atoms with E-state index in [1.165, 1.54) is 19.1 Å². The maximum atomic E-state index is 15.0. The van der Waals surface area contributed by atoms with E-state index in [9.17, 15) is 8.78 Å². The summed E-state index contributed by atoms with van der Waals surface area (Å²) in [6.45, 7) is 7.99. The summed E-state index contributed by atoms with van der Waals surface area (Å²) in [6, 6.07) is 8.38. The van der Waals surface area contributed by atoms with Crippen LogP contribution < -0.4 is 0 Å². The molecule has 3 aromatic rings. The summed E-state index contributed by atoms with van der Waals surface area (Å²) >= 11 is 0. The molecule has 2 unspecified atom stereocenters. The van der Waals surface area contributed by atoms with E-state index in [-0.39, 0.29) is 17.2 Å². The van der Waals surface area contributed by atoms with Crippen molar-refractivity contribution in [2.24, 2.45) is 5.92 Å². The van der Waals surface area contributed by atoms with Crippen LogP contribution in [0.3, 0.4) is 0 Å². The van der Waals surface area contributed by atoms with Crippen LogP contribution in [0.2, 0.25) is 0 Å². The van der Waals surface area contributed by atoms with Gasteiger partial charge in [-0.2, -0.15) is 0 Å². The quantitative estimate of drug-likeness (QED) is 0.374. The molecular formula is C27H26F4O. The van der Waals surface area contributed by atoms with Gasteiger partial charge in [0.25, 0.3) is 0 Å². The molecule has 0 saturated carbocycles. The van der Waals surface area contributed by atoms with E-state index in [4.69, 9.17) is 4.74 Å². The van der Waals surface area contributed by atoms with Crippen molar-refractivity contribution in [2.45, 2.75) is 46.6 Å². The van der Waals surface area contributed by atoms with E-state index >= 15 is 8.78 Å². The van der Waals surface area contributed by atoms with Gasteiger partial charge in [0.1, 0.15) is 23.3 Å². The van der Waals surface area contributed by atoms with Gasteiger partial charge in [0.15, 0.2) is 0 Å². The maximum Gasteiger partial charge on any atom is 0.134 e. The minimum absolute atomic E-state index is 0.0276. The summed E-state index contributed by atoms with van der Waals surface area (Å²) in [7, 11) is 0. The van der Waals surface area contributed by atoms with Gasteiger partial charge in [-0.3, -0.25) is 0 Å². The molecule has 2 atom stereocenters. The van der Waals surface area contributed by atoms with Crippen molar-refractivity contribution >= 4 is 0 Å². The molecule has 0 aliphatic carbocycles. The zero-order chi connectivity index (χ0) is 23.2. The van der Waals surface area contributed by atoms with Gasteiger partial charge in [0, 0.05) is 12.2 Å². The minimum Gasteiger partial charge on any atom is -0.373 e. The molecule has 0 aromatic heterocycles. The van der Waals surface area contributed by atoms with Gasteiger partial charge in [-0.05, 0) is 97.2 Å². The molecule has 0 N–H and O–H groups in total. The summed E-state index contributed by atoms with van der Waals surface area (Å²) in [5.41, 5.74) is 3.18. The number of benzene rings is 3. The van der Waals surface area contributed by atoms with Crippen molar-refractivity contribution in [3.8, 4) is 22.3 Å². The molecule has 1 aliphatic heterocycles. The van der Waals surface area contributed by atoms with Gasteiger partial charge < -0.3 is 4.74 Å². The van der Waals surface area contributed by atoms with Crippen molar-refractivity contribution in [3.63, 3.8) is 0 Å². The van der Waals surface area contributed by atoms with E-state index in [0.29, 0.717) is 11.5 Å². The summed E-state index contributed by atoms with van der Waals surface area (Å²) in [6.07, 6.45) is 2.07. The molecule has 168 valence electrons. The highest BCUT2D eigenvalue weighted by Gasteiger charge is 2.23. The normalized spacial score (nSPS) is 18.8. The first kappa shape index (κ1) is 22.5. The van der Waals surface area contributed by atoms with E-state index in [0.717, 1.165) is 53.8 Å². The topological polar surface area (TPSA) is 9.23 Å². The van der Waals surface area contributed by atoms with Gasteiger partial charge in [-0.25, -0.2) is 17.6 Å². The van der Waals surface area contributed by atoms with Crippen molar-refractivity contribution in [1.82, 2.24) is 0 Å². The molecule has 1 aliphatic rings. The van der Waals surface area contributed by atoms with E-state index in [2.05, 4.69) is 6.92 Å². The molecule has 0 amide bonds. The summed E-state index contributed by atoms with van der Waals surface area (Å²) in [4.78, 5) is 0. The molecule has 4 rings (SSSR count). The smallest absolute Gasteiger partial charge is 0.134 e. The lowest BCUT2D eigenvalue weighted by Crippen LogP contribution is -2.18. The summed E-state index contributed by atoms with van der Waals surface area (Å²) < 4.78 is 63.9. The highest BCUT2D eigenvalue weighted by Crippen LogP contribution is 2.38. The van der Waals surface area contributed by atoms with Crippen molar-refractivity contribution < 1.29 is 22.3 Å². The van der Waals surface area contributed by atoms with Crippen LogP contribution in [0.5, 0.6) is 0 Å². The molecule has 5 heteroatoms. The highest BCUT2D eigenvalue weighted by atomic mass is 19.1. The van der Waals surface area contributed by atoms with Crippen LogP contribution in [-0.4, -0.2) is 6.61 Å². The first-order valence-corrected chi connectivity index (χ1v) is 10.8. The monoisotopic (exact) mass is 442 g/mol. The number of aryl methyl sites for hydroxylation is 2. The van der Waals surface area contributed by atoms with Crippen molar-refractivity contribution in [2.75, 3.05) is 6.61 Å². The van der Waals surface area contributed by atoms with Gasteiger partial charge in [-0.1, -0.05) is 19.1 Å². The Labute approximate surface area is 186 Å². The fourth-order valence-corrected chi connectivity index (χ4v) is 4.57. The summed E-state index contributed by atoms with van der Waals surface area (Å²) in [5.74, 6) is -2.87. The second-order valence-corrected chi connectivity index (χ2v) is 8.91. The van der Waals surface area contributed by atoms with E-state index < -0.39 is 28.8 Å². The Balaban J connectivity index is 1.73. The predicted octanol–water partition coefficient (Wildman–Crippen LogP) is 7.99. The third-order valence-corrected chi connectivity index (χ3v) is 6.33. The molecule has 1 fully saturated rings. The average Bonchev–Trinajstić information content (AvgIpc) is 2.71. The molecule has 32 heavy (non-hydrogen) atoms. The lowest BCUT2D eigenvalue weighted by atomic mass is 9.88. The van der Waals surface area contributed by atoms with Crippen LogP contribution in [-0.2, 0) is 4.74 Å². The Hall–Kier alpha value is -2.66. The van der Waals surface area contributed by atoms with Crippen LogP contribution in [0, 0.1) is 50.0 Å². The van der Waals surface area contributed by atoms with Gasteiger partial charge in [-0.15, -0.1) is 0 Å². The van der Waals surface area contributed by atoms with Crippen LogP contribution in [0.15, 0.2) is 36.4 Å². The first-order chi connectivity index (χ1) is 15.2. The van der Waals surface area contributed by atoms with Crippen molar-refractivity contribution in [1.29, 1.82) is 0 Å². The Kier molecular flexibility index (Phi) is 6.13. The Morgan fingerprint density at radius 1 is 0.688 bits per heavy atom. The SMILES string of the molecule is Cc1cc(C2CCC(C)CO2)cc(C)c1-c1cc(F)c(-c2cc(F)c(C)c(F)c2)c(F)c1. The first-order valence-electron chi connectivity index (χ1n) is 10.8. The Morgan fingerprint density at radius 2 is 1.19 bits per heavy atom. The number of hydrogen-bond acceptors (Lipinski definition) is 1. The third kappa shape index (κ3) is 4.18. The second-order valence-electron chi connectivity index (χ2n) is 8.91. The van der Waals surface area contributed by atoms with Crippen LogP contribution in [0.4, 0.5) is 17.6 Å². The second kappa shape index (κ2) is 8.70.